The monoisotopic (exact) mass is 487 g/mol. The van der Waals surface area contributed by atoms with Crippen LogP contribution in [0.2, 0.25) is 0 Å². The molecule has 1 N–H and O–H groups in total. The Morgan fingerprint density at radius 2 is 1.71 bits per heavy atom. The first-order chi connectivity index (χ1) is 17.1. The van der Waals surface area contributed by atoms with E-state index in [1.807, 2.05) is 72.5 Å². The third kappa shape index (κ3) is 5.17. The van der Waals surface area contributed by atoms with Crippen LogP contribution >= 0.6 is 11.8 Å². The van der Waals surface area contributed by atoms with Crippen LogP contribution < -0.4 is 14.9 Å². The fourth-order valence-electron chi connectivity index (χ4n) is 4.01. The number of thioether (sulfide) groups is 1. The van der Waals surface area contributed by atoms with Gasteiger partial charge in [-0.3, -0.25) is 9.59 Å². The third-order valence-corrected chi connectivity index (χ3v) is 7.16. The van der Waals surface area contributed by atoms with Gasteiger partial charge in [-0.05, 0) is 48.4 Å². The molecule has 2 aliphatic rings. The lowest BCUT2D eigenvalue weighted by Crippen LogP contribution is -2.27. The maximum absolute atomic E-state index is 12.7. The number of nitrogens with one attached hydrogen (secondary N) is 1. The van der Waals surface area contributed by atoms with E-state index in [9.17, 15) is 9.59 Å². The molecule has 0 unspecified atom stereocenters. The lowest BCUT2D eigenvalue weighted by Gasteiger charge is -2.24. The highest BCUT2D eigenvalue weighted by Gasteiger charge is 2.32. The summed E-state index contributed by atoms with van der Waals surface area (Å²) in [4.78, 5) is 27.0. The second-order valence-electron chi connectivity index (χ2n) is 8.29. The molecule has 3 aromatic carbocycles. The van der Waals surface area contributed by atoms with Gasteiger partial charge in [0.15, 0.2) is 11.5 Å². The van der Waals surface area contributed by atoms with E-state index >= 15 is 0 Å². The number of hydrazone groups is 1. The summed E-state index contributed by atoms with van der Waals surface area (Å²) >= 11 is 1.60. The molecule has 1 saturated heterocycles. The molecule has 1 fully saturated rings. The smallest absolute Gasteiger partial charge is 0.271 e. The summed E-state index contributed by atoms with van der Waals surface area (Å²) in [6, 6.07) is 22.9. The molecule has 2 aliphatic heterocycles. The zero-order valence-corrected chi connectivity index (χ0v) is 20.1. The number of hydrogen-bond acceptors (Lipinski definition) is 6. The number of fused-ring (bicyclic) bond motifs is 1. The zero-order valence-electron chi connectivity index (χ0n) is 19.3. The summed E-state index contributed by atoms with van der Waals surface area (Å²) in [7, 11) is 0. The topological polar surface area (TPSA) is 80.2 Å². The maximum Gasteiger partial charge on any atom is 0.271 e. The Bertz CT molecular complexity index is 1260. The summed E-state index contributed by atoms with van der Waals surface area (Å²) in [5, 5.41) is 4.18. The third-order valence-electron chi connectivity index (χ3n) is 5.91. The highest BCUT2D eigenvalue weighted by atomic mass is 32.2. The molecule has 0 saturated carbocycles. The van der Waals surface area contributed by atoms with Gasteiger partial charge in [-0.2, -0.15) is 5.10 Å². The number of amides is 2. The molecular formula is C27H25N3O4S. The van der Waals surface area contributed by atoms with Crippen LogP contribution in [0.3, 0.4) is 0 Å². The van der Waals surface area contributed by atoms with Gasteiger partial charge in [0, 0.05) is 17.7 Å². The Hall–Kier alpha value is -3.78. The van der Waals surface area contributed by atoms with E-state index < -0.39 is 0 Å². The predicted octanol–water partition coefficient (Wildman–Crippen LogP) is 4.39. The molecule has 35 heavy (non-hydrogen) atoms. The minimum atomic E-state index is -0.301. The van der Waals surface area contributed by atoms with Gasteiger partial charge in [-0.15, -0.1) is 11.8 Å². The number of benzene rings is 3. The van der Waals surface area contributed by atoms with Crippen molar-refractivity contribution in [3.05, 3.63) is 95.1 Å². The van der Waals surface area contributed by atoms with E-state index in [4.69, 9.17) is 9.47 Å². The predicted molar refractivity (Wildman–Crippen MR) is 136 cm³/mol. The van der Waals surface area contributed by atoms with Gasteiger partial charge in [-0.25, -0.2) is 5.43 Å². The number of nitrogens with zero attached hydrogens (tertiary/aromatic N) is 2. The lowest BCUT2D eigenvalue weighted by molar-refractivity contribution is -0.128. The van der Waals surface area contributed by atoms with E-state index in [-0.39, 0.29) is 17.2 Å². The first-order valence-corrected chi connectivity index (χ1v) is 12.4. The number of ether oxygens (including phenoxy) is 2. The normalized spacial score (nSPS) is 17.4. The van der Waals surface area contributed by atoms with Crippen molar-refractivity contribution in [1.29, 1.82) is 0 Å². The molecule has 0 spiro atoms. The van der Waals surface area contributed by atoms with Crippen LogP contribution in [0.25, 0.3) is 0 Å². The summed E-state index contributed by atoms with van der Waals surface area (Å²) in [5.41, 5.74) is 6.70. The van der Waals surface area contributed by atoms with Gasteiger partial charge < -0.3 is 14.4 Å². The number of hydrogen-bond donors (Lipinski definition) is 1. The van der Waals surface area contributed by atoms with Crippen LogP contribution in [0.4, 0.5) is 0 Å². The largest absolute Gasteiger partial charge is 0.486 e. The van der Waals surface area contributed by atoms with Crippen LogP contribution in [0, 0.1) is 0 Å². The first-order valence-electron chi connectivity index (χ1n) is 11.4. The molecule has 7 nitrogen and oxygen atoms in total. The minimum Gasteiger partial charge on any atom is -0.486 e. The summed E-state index contributed by atoms with van der Waals surface area (Å²) < 4.78 is 11.2. The molecular weight excluding hydrogens is 462 g/mol. The number of carbonyl (C=O) groups excluding carboxylic acids is 2. The SMILES string of the molecule is C/C(=N/NC(=O)c1ccc([C@@H]2SCC(=O)N2Cc2ccccc2)cc1)c1ccc2c(c1)OCCO2. The van der Waals surface area contributed by atoms with E-state index in [0.717, 1.165) is 16.7 Å². The molecule has 0 aromatic heterocycles. The maximum atomic E-state index is 12.7. The van der Waals surface area contributed by atoms with Crippen molar-refractivity contribution in [2.24, 2.45) is 5.10 Å². The van der Waals surface area contributed by atoms with Crippen molar-refractivity contribution in [2.75, 3.05) is 19.0 Å². The number of rotatable bonds is 6. The van der Waals surface area contributed by atoms with Gasteiger partial charge in [0.05, 0.1) is 11.5 Å². The fraction of sp³-hybridized carbons (Fsp3) is 0.222. The molecule has 8 heteroatoms. The van der Waals surface area contributed by atoms with Gasteiger partial charge in [0.1, 0.15) is 18.6 Å². The summed E-state index contributed by atoms with van der Waals surface area (Å²) in [6.45, 7) is 3.43. The quantitative estimate of drug-likeness (QED) is 0.412. The highest BCUT2D eigenvalue weighted by molar-refractivity contribution is 8.00. The van der Waals surface area contributed by atoms with Crippen molar-refractivity contribution in [2.45, 2.75) is 18.8 Å². The summed E-state index contributed by atoms with van der Waals surface area (Å²) in [5.74, 6) is 1.66. The van der Waals surface area contributed by atoms with E-state index in [1.54, 1.807) is 23.9 Å². The fourth-order valence-corrected chi connectivity index (χ4v) is 5.20. The second-order valence-corrected chi connectivity index (χ2v) is 9.36. The molecule has 0 radical (unpaired) electrons. The first kappa shape index (κ1) is 23.0. The Kier molecular flexibility index (Phi) is 6.72. The lowest BCUT2D eigenvalue weighted by atomic mass is 10.1. The molecule has 178 valence electrons. The second kappa shape index (κ2) is 10.2. The van der Waals surface area contributed by atoms with Gasteiger partial charge >= 0.3 is 0 Å². The van der Waals surface area contributed by atoms with E-state index in [2.05, 4.69) is 10.5 Å². The van der Waals surface area contributed by atoms with Crippen molar-refractivity contribution in [3.63, 3.8) is 0 Å². The molecule has 3 aromatic rings. The highest BCUT2D eigenvalue weighted by Crippen LogP contribution is 2.39. The van der Waals surface area contributed by atoms with Crippen molar-refractivity contribution >= 4 is 29.3 Å². The minimum absolute atomic E-state index is 0.0738. The summed E-state index contributed by atoms with van der Waals surface area (Å²) in [6.07, 6.45) is 0. The number of carbonyl (C=O) groups is 2. The Morgan fingerprint density at radius 1 is 1.00 bits per heavy atom. The standard InChI is InChI=1S/C27H25N3O4S/c1-18(22-11-12-23-24(15-22)34-14-13-33-23)28-29-26(32)20-7-9-21(10-8-20)27-30(25(31)17-35-27)16-19-5-3-2-4-6-19/h2-12,15,27H,13-14,16-17H2,1H3,(H,29,32)/b28-18-/t27-/m0/s1. The van der Waals surface area contributed by atoms with Gasteiger partial charge in [0.25, 0.3) is 5.91 Å². The van der Waals surface area contributed by atoms with Crippen LogP contribution in [0.1, 0.15) is 39.3 Å². The van der Waals surface area contributed by atoms with Crippen LogP contribution in [0.5, 0.6) is 11.5 Å². The Balaban J connectivity index is 1.24. The average Bonchev–Trinajstić information content (AvgIpc) is 3.27. The Morgan fingerprint density at radius 3 is 2.49 bits per heavy atom. The molecule has 0 bridgehead atoms. The van der Waals surface area contributed by atoms with E-state index in [0.29, 0.717) is 48.3 Å². The van der Waals surface area contributed by atoms with Crippen LogP contribution in [-0.4, -0.2) is 41.4 Å². The van der Waals surface area contributed by atoms with Crippen LogP contribution in [-0.2, 0) is 11.3 Å². The van der Waals surface area contributed by atoms with E-state index in [1.165, 1.54) is 0 Å². The van der Waals surface area contributed by atoms with Crippen molar-refractivity contribution < 1.29 is 19.1 Å². The van der Waals surface area contributed by atoms with Crippen LogP contribution in [0.15, 0.2) is 77.9 Å². The van der Waals surface area contributed by atoms with Gasteiger partial charge in [-0.1, -0.05) is 42.5 Å². The molecule has 5 rings (SSSR count). The van der Waals surface area contributed by atoms with Gasteiger partial charge in [0.2, 0.25) is 5.91 Å². The molecule has 0 aliphatic carbocycles. The Labute approximate surface area is 208 Å². The zero-order chi connectivity index (χ0) is 24.2. The molecule has 2 heterocycles. The average molecular weight is 488 g/mol. The molecule has 2 amide bonds. The molecule has 1 atom stereocenters. The van der Waals surface area contributed by atoms with Crippen molar-refractivity contribution in [1.82, 2.24) is 10.3 Å². The van der Waals surface area contributed by atoms with Crippen molar-refractivity contribution in [3.8, 4) is 11.5 Å².